The van der Waals surface area contributed by atoms with Crippen molar-refractivity contribution in [2.45, 2.75) is 19.8 Å². The molecule has 0 bridgehead atoms. The van der Waals surface area contributed by atoms with Crippen molar-refractivity contribution in [3.05, 3.63) is 41.0 Å². The normalized spacial score (nSPS) is 10.9. The molecular weight excluding hydrogens is 234 g/mol. The molecule has 92 valence electrons. The lowest BCUT2D eigenvalue weighted by molar-refractivity contribution is 0.428. The Labute approximate surface area is 104 Å². The molecule has 0 aliphatic rings. The molecule has 0 amide bonds. The topological polar surface area (TPSA) is 20.2 Å². The zero-order valence-electron chi connectivity index (χ0n) is 10.1. The summed E-state index contributed by atoms with van der Waals surface area (Å²) in [6.07, 6.45) is 5.30. The van der Waals surface area contributed by atoms with Crippen LogP contribution < -0.4 is 0 Å². The lowest BCUT2D eigenvalue weighted by Gasteiger charge is -2.14. The Morgan fingerprint density at radius 2 is 1.94 bits per heavy atom. The molecule has 0 saturated carbocycles. The van der Waals surface area contributed by atoms with Gasteiger partial charge in [-0.05, 0) is 23.4 Å². The molecule has 2 aromatic rings. The van der Waals surface area contributed by atoms with Crippen LogP contribution in [0.4, 0.5) is 8.78 Å². The van der Waals surface area contributed by atoms with Gasteiger partial charge in [0.25, 0.3) is 0 Å². The molecule has 18 heavy (non-hydrogen) atoms. The molecule has 0 aliphatic heterocycles. The minimum atomic E-state index is -0.736. The summed E-state index contributed by atoms with van der Waals surface area (Å²) in [4.78, 5) is 0. The van der Waals surface area contributed by atoms with E-state index in [1.165, 1.54) is 18.2 Å². The zero-order chi connectivity index (χ0) is 13.4. The van der Waals surface area contributed by atoms with E-state index in [1.807, 2.05) is 0 Å². The number of phenolic OH excluding ortho intramolecular Hbond substituents is 1. The molecule has 0 unspecified atom stereocenters. The number of terminal acetylenes is 1. The van der Waals surface area contributed by atoms with E-state index in [0.29, 0.717) is 10.8 Å². The van der Waals surface area contributed by atoms with Crippen molar-refractivity contribution >= 4 is 10.8 Å². The van der Waals surface area contributed by atoms with E-state index in [-0.39, 0.29) is 17.0 Å². The van der Waals surface area contributed by atoms with Crippen molar-refractivity contribution in [1.29, 1.82) is 0 Å². The van der Waals surface area contributed by atoms with Gasteiger partial charge in [-0.25, -0.2) is 8.78 Å². The molecule has 0 saturated heterocycles. The first-order chi connectivity index (χ1) is 8.47. The highest BCUT2D eigenvalue weighted by Crippen LogP contribution is 2.36. The Hall–Kier alpha value is -2.08. The van der Waals surface area contributed by atoms with Crippen LogP contribution in [-0.2, 0) is 0 Å². The molecule has 1 N–H and O–H groups in total. The van der Waals surface area contributed by atoms with Crippen LogP contribution in [0.2, 0.25) is 0 Å². The summed E-state index contributed by atoms with van der Waals surface area (Å²) in [5, 5.41) is 10.5. The Bertz CT molecular complexity index is 666. The smallest absolute Gasteiger partial charge is 0.168 e. The molecule has 0 fully saturated rings. The van der Waals surface area contributed by atoms with Crippen molar-refractivity contribution in [3.8, 4) is 18.1 Å². The van der Waals surface area contributed by atoms with Gasteiger partial charge in [-0.3, -0.25) is 0 Å². The van der Waals surface area contributed by atoms with E-state index >= 15 is 0 Å². The van der Waals surface area contributed by atoms with Crippen molar-refractivity contribution < 1.29 is 13.9 Å². The number of phenols is 1. The van der Waals surface area contributed by atoms with Gasteiger partial charge in [-0.15, -0.1) is 6.42 Å². The van der Waals surface area contributed by atoms with Crippen molar-refractivity contribution in [2.24, 2.45) is 0 Å². The highest BCUT2D eigenvalue weighted by atomic mass is 19.1. The minimum Gasteiger partial charge on any atom is -0.505 e. The van der Waals surface area contributed by atoms with Crippen LogP contribution in [0.1, 0.15) is 30.9 Å². The molecule has 0 spiro atoms. The van der Waals surface area contributed by atoms with Crippen LogP contribution in [0.15, 0.2) is 18.2 Å². The number of benzene rings is 2. The SMILES string of the molecule is C#Cc1c(F)ccc2cc(O)c(F)c(C(C)C)c12. The molecule has 1 nitrogen and oxygen atoms in total. The lowest BCUT2D eigenvalue weighted by Crippen LogP contribution is -1.99. The van der Waals surface area contributed by atoms with E-state index in [1.54, 1.807) is 13.8 Å². The summed E-state index contributed by atoms with van der Waals surface area (Å²) in [6, 6.07) is 3.96. The summed E-state index contributed by atoms with van der Waals surface area (Å²) in [6.45, 7) is 3.53. The Kier molecular flexibility index (Phi) is 2.96. The maximum absolute atomic E-state index is 14.0. The van der Waals surface area contributed by atoms with Crippen molar-refractivity contribution in [2.75, 3.05) is 0 Å². The molecular formula is C15H12F2O. The van der Waals surface area contributed by atoms with Gasteiger partial charge >= 0.3 is 0 Å². The predicted octanol–water partition coefficient (Wildman–Crippen LogP) is 3.93. The van der Waals surface area contributed by atoms with Crippen LogP contribution in [0, 0.1) is 24.0 Å². The second-order valence-corrected chi connectivity index (χ2v) is 4.44. The number of hydrogen-bond donors (Lipinski definition) is 1. The number of halogens is 2. The first kappa shape index (κ1) is 12.4. The van der Waals surface area contributed by atoms with Crippen LogP contribution in [0.3, 0.4) is 0 Å². The average Bonchev–Trinajstić information content (AvgIpc) is 2.31. The van der Waals surface area contributed by atoms with Gasteiger partial charge in [0.15, 0.2) is 11.6 Å². The molecule has 3 heteroatoms. The Balaban J connectivity index is 3.06. The van der Waals surface area contributed by atoms with E-state index in [2.05, 4.69) is 5.92 Å². The number of hydrogen-bond acceptors (Lipinski definition) is 1. The van der Waals surface area contributed by atoms with Gasteiger partial charge in [0, 0.05) is 10.9 Å². The largest absolute Gasteiger partial charge is 0.505 e. The minimum absolute atomic E-state index is 0.0371. The van der Waals surface area contributed by atoms with Gasteiger partial charge in [-0.1, -0.05) is 25.8 Å². The van der Waals surface area contributed by atoms with E-state index in [0.717, 1.165) is 0 Å². The van der Waals surface area contributed by atoms with Gasteiger partial charge in [0.1, 0.15) is 5.82 Å². The molecule has 0 heterocycles. The van der Waals surface area contributed by atoms with Crippen LogP contribution in [0.5, 0.6) is 5.75 Å². The third kappa shape index (κ3) is 1.70. The molecule has 0 aromatic heterocycles. The molecule has 0 radical (unpaired) electrons. The summed E-state index contributed by atoms with van der Waals surface area (Å²) in [7, 11) is 0. The predicted molar refractivity (Wildman–Crippen MR) is 67.6 cm³/mol. The second kappa shape index (κ2) is 4.30. The number of rotatable bonds is 1. The quantitative estimate of drug-likeness (QED) is 0.756. The first-order valence-corrected chi connectivity index (χ1v) is 5.57. The number of fused-ring (bicyclic) bond motifs is 1. The average molecular weight is 246 g/mol. The third-order valence-corrected chi connectivity index (χ3v) is 2.93. The standard InChI is InChI=1S/C15H12F2O/c1-4-10-11(16)6-5-9-7-12(18)15(17)13(8(2)3)14(9)10/h1,5-8,18H,2-3H3. The Morgan fingerprint density at radius 1 is 1.28 bits per heavy atom. The first-order valence-electron chi connectivity index (χ1n) is 5.57. The zero-order valence-corrected chi connectivity index (χ0v) is 10.1. The fourth-order valence-corrected chi connectivity index (χ4v) is 2.15. The van der Waals surface area contributed by atoms with Gasteiger partial charge in [-0.2, -0.15) is 0 Å². The number of aromatic hydroxyl groups is 1. The van der Waals surface area contributed by atoms with Crippen LogP contribution in [0.25, 0.3) is 10.8 Å². The van der Waals surface area contributed by atoms with Crippen molar-refractivity contribution in [3.63, 3.8) is 0 Å². The van der Waals surface area contributed by atoms with Crippen molar-refractivity contribution in [1.82, 2.24) is 0 Å². The van der Waals surface area contributed by atoms with E-state index in [4.69, 9.17) is 6.42 Å². The molecule has 0 aliphatic carbocycles. The highest BCUT2D eigenvalue weighted by Gasteiger charge is 2.19. The lowest BCUT2D eigenvalue weighted by atomic mass is 9.91. The van der Waals surface area contributed by atoms with Crippen LogP contribution >= 0.6 is 0 Å². The van der Waals surface area contributed by atoms with Gasteiger partial charge in [0.05, 0.1) is 5.56 Å². The summed E-state index contributed by atoms with van der Waals surface area (Å²) in [5.74, 6) is 0.304. The maximum atomic E-state index is 14.0. The summed E-state index contributed by atoms with van der Waals surface area (Å²) in [5.41, 5.74) is 0.285. The fourth-order valence-electron chi connectivity index (χ4n) is 2.15. The van der Waals surface area contributed by atoms with Gasteiger partial charge < -0.3 is 5.11 Å². The molecule has 2 rings (SSSR count). The summed E-state index contributed by atoms with van der Waals surface area (Å²) < 4.78 is 27.7. The van der Waals surface area contributed by atoms with E-state index < -0.39 is 17.4 Å². The van der Waals surface area contributed by atoms with Crippen LogP contribution in [-0.4, -0.2) is 5.11 Å². The highest BCUT2D eigenvalue weighted by molar-refractivity contribution is 5.93. The summed E-state index contributed by atoms with van der Waals surface area (Å²) >= 11 is 0. The Morgan fingerprint density at radius 3 is 2.50 bits per heavy atom. The third-order valence-electron chi connectivity index (χ3n) is 2.93. The maximum Gasteiger partial charge on any atom is 0.168 e. The monoisotopic (exact) mass is 246 g/mol. The molecule has 2 aromatic carbocycles. The van der Waals surface area contributed by atoms with Gasteiger partial charge in [0.2, 0.25) is 0 Å². The fraction of sp³-hybridized carbons (Fsp3) is 0.200. The molecule has 0 atom stereocenters. The van der Waals surface area contributed by atoms with E-state index in [9.17, 15) is 13.9 Å². The second-order valence-electron chi connectivity index (χ2n) is 4.44.